The molecule has 0 unspecified atom stereocenters. The monoisotopic (exact) mass is 317 g/mol. The summed E-state index contributed by atoms with van der Waals surface area (Å²) in [6, 6.07) is 2.74. The number of hydrogen-bond donors (Lipinski definition) is 1. The number of benzene rings is 1. The summed E-state index contributed by atoms with van der Waals surface area (Å²) >= 11 is 0. The van der Waals surface area contributed by atoms with Crippen molar-refractivity contribution >= 4 is 5.78 Å². The molecule has 1 aliphatic carbocycles. The third-order valence-electron chi connectivity index (χ3n) is 3.92. The summed E-state index contributed by atoms with van der Waals surface area (Å²) in [5.41, 5.74) is -1.01. The Hall–Kier alpha value is -1.43. The van der Waals surface area contributed by atoms with Crippen molar-refractivity contribution in [3.63, 3.8) is 0 Å². The summed E-state index contributed by atoms with van der Waals surface area (Å²) in [5, 5.41) is 3.16. The van der Waals surface area contributed by atoms with E-state index in [1.54, 1.807) is 6.92 Å². The second-order valence-electron chi connectivity index (χ2n) is 5.71. The van der Waals surface area contributed by atoms with Crippen molar-refractivity contribution in [2.45, 2.75) is 38.3 Å². The Labute approximate surface area is 126 Å². The van der Waals surface area contributed by atoms with Gasteiger partial charge in [0.25, 0.3) is 0 Å². The van der Waals surface area contributed by atoms with E-state index in [4.69, 9.17) is 0 Å². The number of nitrogens with one attached hydrogen (secondary N) is 1. The molecular weight excluding hydrogens is 298 g/mol. The van der Waals surface area contributed by atoms with Gasteiger partial charge in [-0.1, -0.05) is 13.0 Å². The summed E-state index contributed by atoms with van der Waals surface area (Å²) < 4.78 is 51.4. The number of alkyl halides is 3. The molecule has 0 radical (unpaired) electrons. The van der Waals surface area contributed by atoms with Crippen LogP contribution in [-0.2, 0) is 11.0 Å². The van der Waals surface area contributed by atoms with Gasteiger partial charge in [-0.15, -0.1) is 0 Å². The molecule has 1 aliphatic rings. The van der Waals surface area contributed by atoms with Crippen molar-refractivity contribution in [3.05, 3.63) is 35.1 Å². The minimum Gasteiger partial charge on any atom is -0.315 e. The molecule has 1 atom stereocenters. The van der Waals surface area contributed by atoms with Crippen LogP contribution < -0.4 is 5.32 Å². The van der Waals surface area contributed by atoms with Crippen molar-refractivity contribution in [1.29, 1.82) is 0 Å². The first-order valence-electron chi connectivity index (χ1n) is 7.43. The van der Waals surface area contributed by atoms with Gasteiger partial charge in [-0.05, 0) is 43.0 Å². The zero-order chi connectivity index (χ0) is 16.3. The lowest BCUT2D eigenvalue weighted by Crippen LogP contribution is -2.28. The average molecular weight is 317 g/mol. The second kappa shape index (κ2) is 6.77. The third kappa shape index (κ3) is 4.29. The molecule has 1 N–H and O–H groups in total. The summed E-state index contributed by atoms with van der Waals surface area (Å²) in [7, 11) is 0. The summed E-state index contributed by atoms with van der Waals surface area (Å²) in [6.45, 7) is 2.81. The van der Waals surface area contributed by atoms with E-state index >= 15 is 0 Å². The van der Waals surface area contributed by atoms with Crippen molar-refractivity contribution in [1.82, 2.24) is 5.32 Å². The fourth-order valence-electron chi connectivity index (χ4n) is 2.40. The van der Waals surface area contributed by atoms with Crippen molar-refractivity contribution in [2.24, 2.45) is 5.92 Å². The highest BCUT2D eigenvalue weighted by atomic mass is 19.4. The van der Waals surface area contributed by atoms with E-state index in [-0.39, 0.29) is 12.2 Å². The Morgan fingerprint density at radius 1 is 1.36 bits per heavy atom. The van der Waals surface area contributed by atoms with Gasteiger partial charge in [0, 0.05) is 13.0 Å². The first-order chi connectivity index (χ1) is 10.3. The Bertz CT molecular complexity index is 537. The van der Waals surface area contributed by atoms with Crippen LogP contribution in [0.15, 0.2) is 18.2 Å². The van der Waals surface area contributed by atoms with Crippen LogP contribution in [0.25, 0.3) is 0 Å². The zero-order valence-electron chi connectivity index (χ0n) is 12.3. The highest BCUT2D eigenvalue weighted by Gasteiger charge is 2.34. The molecule has 0 bridgehead atoms. The molecule has 2 rings (SSSR count). The first kappa shape index (κ1) is 16.9. The lowest BCUT2D eigenvalue weighted by Gasteiger charge is -2.18. The van der Waals surface area contributed by atoms with Gasteiger partial charge in [-0.3, -0.25) is 4.79 Å². The van der Waals surface area contributed by atoms with E-state index < -0.39 is 23.5 Å². The van der Waals surface area contributed by atoms with E-state index in [1.165, 1.54) is 6.07 Å². The van der Waals surface area contributed by atoms with Crippen LogP contribution in [0.3, 0.4) is 0 Å². The van der Waals surface area contributed by atoms with E-state index in [0.29, 0.717) is 24.1 Å². The lowest BCUT2D eigenvalue weighted by molar-refractivity contribution is -0.140. The van der Waals surface area contributed by atoms with Crippen molar-refractivity contribution in [3.8, 4) is 0 Å². The minimum atomic E-state index is -4.73. The maximum absolute atomic E-state index is 13.7. The summed E-state index contributed by atoms with van der Waals surface area (Å²) in [5.74, 6) is -1.43. The maximum atomic E-state index is 13.7. The number of hydrogen-bond acceptors (Lipinski definition) is 2. The summed E-state index contributed by atoms with van der Waals surface area (Å²) in [4.78, 5) is 12.0. The van der Waals surface area contributed by atoms with Crippen LogP contribution in [0.2, 0.25) is 0 Å². The van der Waals surface area contributed by atoms with Crippen LogP contribution in [0.1, 0.15) is 43.2 Å². The quantitative estimate of drug-likeness (QED) is 0.773. The molecule has 22 heavy (non-hydrogen) atoms. The third-order valence-corrected chi connectivity index (χ3v) is 3.92. The van der Waals surface area contributed by atoms with Gasteiger partial charge in [-0.25, -0.2) is 4.39 Å². The van der Waals surface area contributed by atoms with Crippen LogP contribution in [-0.4, -0.2) is 18.9 Å². The molecular formula is C16H19F4NO. The molecule has 0 heterocycles. The standard InChI is InChI=1S/C16H19F4NO/c1-2-15(22)12(9-21-8-10-3-4-10)11-5-6-13(14(17)7-11)16(18,19)20/h5-7,10,12,21H,2-4,8-9H2,1H3/t12-/m1/s1. The molecule has 1 aromatic carbocycles. The Balaban J connectivity index is 2.15. The number of Topliss-reactive ketones (excluding diaryl/α,β-unsaturated/α-hetero) is 1. The molecule has 0 amide bonds. The fourth-order valence-corrected chi connectivity index (χ4v) is 2.40. The number of rotatable bonds is 7. The minimum absolute atomic E-state index is 0.109. The largest absolute Gasteiger partial charge is 0.419 e. The molecule has 0 spiro atoms. The Kier molecular flexibility index (Phi) is 5.21. The van der Waals surface area contributed by atoms with E-state index in [2.05, 4.69) is 5.32 Å². The number of carbonyl (C=O) groups is 1. The molecule has 2 nitrogen and oxygen atoms in total. The van der Waals surface area contributed by atoms with Gasteiger partial charge in [0.2, 0.25) is 0 Å². The highest BCUT2D eigenvalue weighted by Crippen LogP contribution is 2.33. The fraction of sp³-hybridized carbons (Fsp3) is 0.562. The lowest BCUT2D eigenvalue weighted by atomic mass is 9.92. The molecule has 1 aromatic rings. The van der Waals surface area contributed by atoms with Crippen LogP contribution in [0, 0.1) is 11.7 Å². The smallest absolute Gasteiger partial charge is 0.315 e. The Morgan fingerprint density at radius 2 is 2.05 bits per heavy atom. The normalized spacial score (nSPS) is 16.6. The predicted molar refractivity (Wildman–Crippen MR) is 75.0 cm³/mol. The molecule has 1 saturated carbocycles. The van der Waals surface area contributed by atoms with Gasteiger partial charge in [0.15, 0.2) is 0 Å². The van der Waals surface area contributed by atoms with Crippen molar-refractivity contribution < 1.29 is 22.4 Å². The number of carbonyl (C=O) groups excluding carboxylic acids is 1. The molecule has 0 aromatic heterocycles. The summed E-state index contributed by atoms with van der Waals surface area (Å²) in [6.07, 6.45) is -2.14. The SMILES string of the molecule is CCC(=O)[C@H](CNCC1CC1)c1ccc(C(F)(F)F)c(F)c1. The van der Waals surface area contributed by atoms with Gasteiger partial charge in [-0.2, -0.15) is 13.2 Å². The first-order valence-corrected chi connectivity index (χ1v) is 7.43. The number of halogens is 4. The van der Waals surface area contributed by atoms with Gasteiger partial charge >= 0.3 is 6.18 Å². The second-order valence-corrected chi connectivity index (χ2v) is 5.71. The van der Waals surface area contributed by atoms with Crippen LogP contribution >= 0.6 is 0 Å². The maximum Gasteiger partial charge on any atom is 0.419 e. The van der Waals surface area contributed by atoms with Crippen LogP contribution in [0.5, 0.6) is 0 Å². The topological polar surface area (TPSA) is 29.1 Å². The van der Waals surface area contributed by atoms with E-state index in [1.807, 2.05) is 0 Å². The van der Waals surface area contributed by atoms with Gasteiger partial charge < -0.3 is 5.32 Å². The molecule has 0 aliphatic heterocycles. The molecule has 6 heteroatoms. The molecule has 122 valence electrons. The van der Waals surface area contributed by atoms with Crippen LogP contribution in [0.4, 0.5) is 17.6 Å². The Morgan fingerprint density at radius 3 is 2.55 bits per heavy atom. The average Bonchev–Trinajstić information content (AvgIpc) is 3.25. The highest BCUT2D eigenvalue weighted by molar-refractivity contribution is 5.85. The zero-order valence-corrected chi connectivity index (χ0v) is 12.3. The van der Waals surface area contributed by atoms with Gasteiger partial charge in [0.05, 0.1) is 11.5 Å². The predicted octanol–water partition coefficient (Wildman–Crippen LogP) is 3.91. The van der Waals surface area contributed by atoms with Crippen molar-refractivity contribution in [2.75, 3.05) is 13.1 Å². The van der Waals surface area contributed by atoms with E-state index in [9.17, 15) is 22.4 Å². The number of ketones is 1. The molecule has 0 saturated heterocycles. The van der Waals surface area contributed by atoms with E-state index in [0.717, 1.165) is 25.5 Å². The van der Waals surface area contributed by atoms with Gasteiger partial charge in [0.1, 0.15) is 11.6 Å². The molecule has 1 fully saturated rings.